The van der Waals surface area contributed by atoms with Crippen molar-refractivity contribution in [2.24, 2.45) is 0 Å². The fourth-order valence-corrected chi connectivity index (χ4v) is 1.54. The molecule has 1 aromatic heterocycles. The van der Waals surface area contributed by atoms with E-state index in [4.69, 9.17) is 4.74 Å². The SMILES string of the molecule is CCOc1ccnc(NCCNS(C)(=O)=O)n1. The van der Waals surface area contributed by atoms with Crippen molar-refractivity contribution < 1.29 is 13.2 Å². The van der Waals surface area contributed by atoms with Crippen LogP contribution in [-0.2, 0) is 10.0 Å². The van der Waals surface area contributed by atoms with Crippen LogP contribution in [0.1, 0.15) is 6.92 Å². The highest BCUT2D eigenvalue weighted by molar-refractivity contribution is 7.88. The minimum Gasteiger partial charge on any atom is -0.478 e. The molecule has 0 amide bonds. The van der Waals surface area contributed by atoms with Crippen molar-refractivity contribution in [2.75, 3.05) is 31.3 Å². The van der Waals surface area contributed by atoms with E-state index in [1.165, 1.54) is 0 Å². The van der Waals surface area contributed by atoms with Crippen molar-refractivity contribution in [2.45, 2.75) is 6.92 Å². The van der Waals surface area contributed by atoms with Gasteiger partial charge in [0.2, 0.25) is 21.9 Å². The highest BCUT2D eigenvalue weighted by atomic mass is 32.2. The van der Waals surface area contributed by atoms with Crippen LogP contribution >= 0.6 is 0 Å². The molecule has 0 aliphatic heterocycles. The van der Waals surface area contributed by atoms with Crippen molar-refractivity contribution in [3.8, 4) is 5.88 Å². The summed E-state index contributed by atoms with van der Waals surface area (Å²) in [5, 5.41) is 2.89. The van der Waals surface area contributed by atoms with E-state index < -0.39 is 10.0 Å². The van der Waals surface area contributed by atoms with Crippen LogP contribution in [0.2, 0.25) is 0 Å². The molecule has 2 N–H and O–H groups in total. The number of ether oxygens (including phenoxy) is 1. The average molecular weight is 260 g/mol. The largest absolute Gasteiger partial charge is 0.478 e. The molecule has 96 valence electrons. The number of aromatic nitrogens is 2. The Morgan fingerprint density at radius 1 is 1.41 bits per heavy atom. The molecule has 0 saturated heterocycles. The lowest BCUT2D eigenvalue weighted by atomic mass is 10.6. The molecule has 0 aliphatic rings. The van der Waals surface area contributed by atoms with Crippen LogP contribution < -0.4 is 14.8 Å². The Balaban J connectivity index is 2.38. The van der Waals surface area contributed by atoms with Crippen molar-refractivity contribution in [1.29, 1.82) is 0 Å². The van der Waals surface area contributed by atoms with E-state index in [0.717, 1.165) is 6.26 Å². The molecule has 8 heteroatoms. The first-order valence-electron chi connectivity index (χ1n) is 5.15. The van der Waals surface area contributed by atoms with Gasteiger partial charge in [0.25, 0.3) is 0 Å². The third kappa shape index (κ3) is 6.03. The summed E-state index contributed by atoms with van der Waals surface area (Å²) in [6.07, 6.45) is 2.68. The smallest absolute Gasteiger partial charge is 0.225 e. The van der Waals surface area contributed by atoms with Gasteiger partial charge in [0.15, 0.2) is 0 Å². The van der Waals surface area contributed by atoms with Gasteiger partial charge in [-0.2, -0.15) is 4.98 Å². The van der Waals surface area contributed by atoms with Crippen LogP contribution in [0.3, 0.4) is 0 Å². The molecule has 17 heavy (non-hydrogen) atoms. The number of hydrogen-bond donors (Lipinski definition) is 2. The second-order valence-electron chi connectivity index (χ2n) is 3.24. The standard InChI is InChI=1S/C9H16N4O3S/c1-3-16-8-4-5-10-9(13-8)11-6-7-12-17(2,14)15/h4-5,12H,3,6-7H2,1-2H3,(H,10,11,13). The molecule has 0 bridgehead atoms. The predicted molar refractivity (Wildman–Crippen MR) is 64.5 cm³/mol. The Morgan fingerprint density at radius 3 is 2.82 bits per heavy atom. The fourth-order valence-electron chi connectivity index (χ4n) is 1.07. The topological polar surface area (TPSA) is 93.2 Å². The molecule has 1 heterocycles. The summed E-state index contributed by atoms with van der Waals surface area (Å²) in [5.41, 5.74) is 0. The van der Waals surface area contributed by atoms with Gasteiger partial charge in [-0.15, -0.1) is 0 Å². The Bertz CT molecular complexity index is 449. The van der Waals surface area contributed by atoms with Gasteiger partial charge in [0.1, 0.15) is 0 Å². The van der Waals surface area contributed by atoms with E-state index in [0.29, 0.717) is 25.0 Å². The molecule has 7 nitrogen and oxygen atoms in total. The molecule has 0 atom stereocenters. The lowest BCUT2D eigenvalue weighted by Crippen LogP contribution is -2.28. The van der Waals surface area contributed by atoms with Gasteiger partial charge in [0, 0.05) is 25.4 Å². The second-order valence-corrected chi connectivity index (χ2v) is 5.08. The zero-order valence-electron chi connectivity index (χ0n) is 9.80. The average Bonchev–Trinajstić information content (AvgIpc) is 2.24. The molecule has 0 unspecified atom stereocenters. The molecule has 1 aromatic rings. The lowest BCUT2D eigenvalue weighted by molar-refractivity contribution is 0.326. The van der Waals surface area contributed by atoms with E-state index in [1.807, 2.05) is 6.92 Å². The third-order valence-corrected chi connectivity index (χ3v) is 2.42. The first kappa shape index (κ1) is 13.7. The Labute approximate surface area is 101 Å². The Morgan fingerprint density at radius 2 is 2.18 bits per heavy atom. The zero-order valence-corrected chi connectivity index (χ0v) is 10.6. The minimum absolute atomic E-state index is 0.279. The summed E-state index contributed by atoms with van der Waals surface area (Å²) in [6, 6.07) is 1.66. The maximum absolute atomic E-state index is 10.8. The molecular weight excluding hydrogens is 244 g/mol. The summed E-state index contributed by atoms with van der Waals surface area (Å²) in [5.74, 6) is 0.896. The van der Waals surface area contributed by atoms with Crippen molar-refractivity contribution in [3.05, 3.63) is 12.3 Å². The van der Waals surface area contributed by atoms with Gasteiger partial charge in [-0.25, -0.2) is 18.1 Å². The van der Waals surface area contributed by atoms with Crippen LogP contribution in [0.15, 0.2) is 12.3 Å². The van der Waals surface area contributed by atoms with Crippen molar-refractivity contribution in [1.82, 2.24) is 14.7 Å². The van der Waals surface area contributed by atoms with Gasteiger partial charge < -0.3 is 10.1 Å². The quantitative estimate of drug-likeness (QED) is 0.661. The van der Waals surface area contributed by atoms with Gasteiger partial charge >= 0.3 is 0 Å². The fraction of sp³-hybridized carbons (Fsp3) is 0.556. The summed E-state index contributed by atoms with van der Waals surface area (Å²) in [7, 11) is -3.15. The van der Waals surface area contributed by atoms with Gasteiger partial charge in [-0.3, -0.25) is 0 Å². The Kier molecular flexibility index (Phi) is 5.11. The number of anilines is 1. The summed E-state index contributed by atoms with van der Waals surface area (Å²) < 4.78 is 29.1. The zero-order chi connectivity index (χ0) is 12.7. The van der Waals surface area contributed by atoms with E-state index in [-0.39, 0.29) is 6.54 Å². The summed E-state index contributed by atoms with van der Waals surface area (Å²) in [6.45, 7) is 3.08. The van der Waals surface area contributed by atoms with Gasteiger partial charge in [-0.1, -0.05) is 0 Å². The summed E-state index contributed by atoms with van der Waals surface area (Å²) in [4.78, 5) is 8.05. The second kappa shape index (κ2) is 6.36. The van der Waals surface area contributed by atoms with E-state index >= 15 is 0 Å². The molecule has 0 saturated carbocycles. The number of nitrogens with one attached hydrogen (secondary N) is 2. The number of rotatable bonds is 7. The van der Waals surface area contributed by atoms with E-state index in [2.05, 4.69) is 20.0 Å². The van der Waals surface area contributed by atoms with Gasteiger partial charge in [-0.05, 0) is 6.92 Å². The predicted octanol–water partition coefficient (Wildman–Crippen LogP) is -0.164. The molecule has 0 spiro atoms. The third-order valence-electron chi connectivity index (χ3n) is 1.69. The molecule has 0 aromatic carbocycles. The minimum atomic E-state index is -3.15. The van der Waals surface area contributed by atoms with E-state index in [9.17, 15) is 8.42 Å². The van der Waals surface area contributed by atoms with Crippen LogP contribution in [0, 0.1) is 0 Å². The first-order chi connectivity index (χ1) is 8.01. The van der Waals surface area contributed by atoms with E-state index in [1.54, 1.807) is 12.3 Å². The maximum Gasteiger partial charge on any atom is 0.225 e. The van der Waals surface area contributed by atoms with Crippen molar-refractivity contribution in [3.63, 3.8) is 0 Å². The highest BCUT2D eigenvalue weighted by Gasteiger charge is 2.01. The van der Waals surface area contributed by atoms with Crippen LogP contribution in [0.5, 0.6) is 5.88 Å². The molecule has 0 fully saturated rings. The lowest BCUT2D eigenvalue weighted by Gasteiger charge is -2.06. The Hall–Kier alpha value is -1.41. The normalized spacial score (nSPS) is 11.2. The highest BCUT2D eigenvalue weighted by Crippen LogP contribution is 2.07. The maximum atomic E-state index is 10.8. The van der Waals surface area contributed by atoms with Crippen LogP contribution in [0.25, 0.3) is 0 Å². The first-order valence-corrected chi connectivity index (χ1v) is 7.05. The van der Waals surface area contributed by atoms with Gasteiger partial charge in [0.05, 0.1) is 12.9 Å². The van der Waals surface area contributed by atoms with Crippen LogP contribution in [-0.4, -0.2) is 44.3 Å². The van der Waals surface area contributed by atoms with Crippen LogP contribution in [0.4, 0.5) is 5.95 Å². The molecule has 1 rings (SSSR count). The number of nitrogens with zero attached hydrogens (tertiary/aromatic N) is 2. The molecule has 0 aliphatic carbocycles. The number of sulfonamides is 1. The molecular formula is C9H16N4O3S. The van der Waals surface area contributed by atoms with Crippen molar-refractivity contribution >= 4 is 16.0 Å². The molecule has 0 radical (unpaired) electrons. The summed E-state index contributed by atoms with van der Waals surface area (Å²) >= 11 is 0. The number of hydrogen-bond acceptors (Lipinski definition) is 6. The monoisotopic (exact) mass is 260 g/mol.